The van der Waals surface area contributed by atoms with Crippen LogP contribution in [-0.4, -0.2) is 23.2 Å². The van der Waals surface area contributed by atoms with Crippen molar-refractivity contribution in [3.05, 3.63) is 74.3 Å². The smallest absolute Gasteiger partial charge is 0.301 e. The molecule has 25 heavy (non-hydrogen) atoms. The third kappa shape index (κ3) is 4.61. The summed E-state index contributed by atoms with van der Waals surface area (Å²) in [4.78, 5) is 20.3. The Morgan fingerprint density at radius 3 is 2.56 bits per heavy atom. The fourth-order valence-corrected chi connectivity index (χ4v) is 1.98. The van der Waals surface area contributed by atoms with Gasteiger partial charge in [-0.1, -0.05) is 18.2 Å². The van der Waals surface area contributed by atoms with Crippen molar-refractivity contribution in [1.82, 2.24) is 0 Å². The quantitative estimate of drug-likeness (QED) is 0.466. The molecule has 0 amide bonds. The lowest BCUT2D eigenvalue weighted by molar-refractivity contribution is -0.393. The lowest BCUT2D eigenvalue weighted by atomic mass is 10.2. The molecule has 2 aromatic rings. The molecule has 0 aliphatic carbocycles. The number of nitro groups is 2. The van der Waals surface area contributed by atoms with Gasteiger partial charge in [-0.25, -0.2) is 0 Å². The van der Waals surface area contributed by atoms with E-state index >= 15 is 0 Å². The van der Waals surface area contributed by atoms with E-state index in [1.807, 2.05) is 24.3 Å². The Morgan fingerprint density at radius 1 is 1.12 bits per heavy atom. The third-order valence-corrected chi connectivity index (χ3v) is 3.15. The van der Waals surface area contributed by atoms with Crippen molar-refractivity contribution in [2.24, 2.45) is 5.10 Å². The zero-order chi connectivity index (χ0) is 18.2. The summed E-state index contributed by atoms with van der Waals surface area (Å²) in [6.07, 6.45) is 4.79. The van der Waals surface area contributed by atoms with E-state index in [9.17, 15) is 20.2 Å². The van der Waals surface area contributed by atoms with Gasteiger partial charge in [-0.3, -0.25) is 25.7 Å². The third-order valence-electron chi connectivity index (χ3n) is 3.15. The summed E-state index contributed by atoms with van der Waals surface area (Å²) < 4.78 is 5.20. The summed E-state index contributed by atoms with van der Waals surface area (Å²) in [5.74, 6) is 0.700. The number of para-hydroxylation sites is 1. The van der Waals surface area contributed by atoms with Crippen LogP contribution >= 0.6 is 0 Å². The van der Waals surface area contributed by atoms with Crippen molar-refractivity contribution in [3.63, 3.8) is 0 Å². The summed E-state index contributed by atoms with van der Waals surface area (Å²) in [6, 6.07) is 10.7. The number of hydrogen-bond acceptors (Lipinski definition) is 7. The summed E-state index contributed by atoms with van der Waals surface area (Å²) in [5, 5.41) is 25.5. The number of methoxy groups -OCH3 is 1. The molecule has 128 valence electrons. The van der Waals surface area contributed by atoms with Crippen molar-refractivity contribution in [2.45, 2.75) is 0 Å². The summed E-state index contributed by atoms with van der Waals surface area (Å²) in [6.45, 7) is 0. The Labute approximate surface area is 142 Å². The van der Waals surface area contributed by atoms with E-state index < -0.39 is 15.5 Å². The van der Waals surface area contributed by atoms with Gasteiger partial charge in [0.05, 0.1) is 23.0 Å². The predicted molar refractivity (Wildman–Crippen MR) is 93.9 cm³/mol. The molecule has 0 spiro atoms. The fraction of sp³-hybridized carbons (Fsp3) is 0.0625. The van der Waals surface area contributed by atoms with Gasteiger partial charge in [-0.05, 0) is 24.3 Å². The van der Waals surface area contributed by atoms with Crippen molar-refractivity contribution >= 4 is 29.4 Å². The van der Waals surface area contributed by atoms with E-state index in [-0.39, 0.29) is 11.4 Å². The SMILES string of the molecule is COc1ccccc1/C=C/C=N/Nc1ccc([N+](=O)[O-])cc1[N+](=O)[O-]. The molecule has 0 bridgehead atoms. The molecule has 2 aromatic carbocycles. The summed E-state index contributed by atoms with van der Waals surface area (Å²) >= 11 is 0. The number of rotatable bonds is 7. The highest BCUT2D eigenvalue weighted by atomic mass is 16.6. The van der Waals surface area contributed by atoms with Crippen molar-refractivity contribution in [1.29, 1.82) is 0 Å². The number of benzene rings is 2. The molecule has 0 aromatic heterocycles. The molecular formula is C16H14N4O5. The van der Waals surface area contributed by atoms with E-state index in [2.05, 4.69) is 10.5 Å². The standard InChI is InChI=1S/C16H14N4O5/c1-25-16-7-3-2-5-12(16)6-4-10-17-18-14-9-8-13(19(21)22)11-15(14)20(23)24/h2-11,18H,1H3/b6-4+,17-10+. The molecule has 0 fully saturated rings. The van der Waals surface area contributed by atoms with Crippen molar-refractivity contribution in [3.8, 4) is 5.75 Å². The van der Waals surface area contributed by atoms with Crippen molar-refractivity contribution in [2.75, 3.05) is 12.5 Å². The van der Waals surface area contributed by atoms with Gasteiger partial charge in [0.2, 0.25) is 0 Å². The number of nitrogens with zero attached hydrogens (tertiary/aromatic N) is 3. The monoisotopic (exact) mass is 342 g/mol. The molecule has 0 radical (unpaired) electrons. The molecule has 0 aliphatic heterocycles. The first kappa shape index (κ1) is 17.6. The van der Waals surface area contributed by atoms with Crippen molar-refractivity contribution < 1.29 is 14.6 Å². The molecule has 9 nitrogen and oxygen atoms in total. The Hall–Kier alpha value is -3.75. The van der Waals surface area contributed by atoms with Crippen LogP contribution in [0.5, 0.6) is 5.75 Å². The zero-order valence-corrected chi connectivity index (χ0v) is 13.2. The summed E-state index contributed by atoms with van der Waals surface area (Å²) in [5.41, 5.74) is 2.60. The molecule has 0 unspecified atom stereocenters. The van der Waals surface area contributed by atoms with E-state index in [1.54, 1.807) is 19.3 Å². The van der Waals surface area contributed by atoms with E-state index in [0.717, 1.165) is 17.7 Å². The van der Waals surface area contributed by atoms with Gasteiger partial charge in [-0.15, -0.1) is 0 Å². The predicted octanol–water partition coefficient (Wildman–Crippen LogP) is 3.62. The zero-order valence-electron chi connectivity index (χ0n) is 13.2. The number of ether oxygens (including phenoxy) is 1. The van der Waals surface area contributed by atoms with Crippen LogP contribution in [0.4, 0.5) is 17.1 Å². The van der Waals surface area contributed by atoms with Crippen LogP contribution in [0, 0.1) is 20.2 Å². The molecule has 0 atom stereocenters. The molecule has 2 rings (SSSR count). The number of nitro benzene ring substituents is 2. The average Bonchev–Trinajstić information content (AvgIpc) is 2.61. The minimum Gasteiger partial charge on any atom is -0.496 e. The Bertz CT molecular complexity index is 848. The second-order valence-corrected chi connectivity index (χ2v) is 4.71. The van der Waals surface area contributed by atoms with Gasteiger partial charge in [0.25, 0.3) is 5.69 Å². The number of non-ortho nitro benzene ring substituents is 1. The largest absolute Gasteiger partial charge is 0.496 e. The van der Waals surface area contributed by atoms with Gasteiger partial charge in [-0.2, -0.15) is 5.10 Å². The van der Waals surface area contributed by atoms with Gasteiger partial charge in [0.15, 0.2) is 0 Å². The normalized spacial score (nSPS) is 10.9. The Kier molecular flexibility index (Phi) is 5.77. The number of hydrazone groups is 1. The molecule has 0 saturated carbocycles. The minimum atomic E-state index is -0.713. The molecular weight excluding hydrogens is 328 g/mol. The number of allylic oxidation sites excluding steroid dienone is 1. The van der Waals surface area contributed by atoms with E-state index in [0.29, 0.717) is 5.75 Å². The summed E-state index contributed by atoms with van der Waals surface area (Å²) in [7, 11) is 1.57. The maximum atomic E-state index is 11.0. The fourth-order valence-electron chi connectivity index (χ4n) is 1.98. The average molecular weight is 342 g/mol. The van der Waals surface area contributed by atoms with Crippen LogP contribution < -0.4 is 10.2 Å². The van der Waals surface area contributed by atoms with Crippen LogP contribution in [0.2, 0.25) is 0 Å². The highest BCUT2D eigenvalue weighted by Crippen LogP contribution is 2.28. The first-order valence-corrected chi connectivity index (χ1v) is 7.04. The maximum Gasteiger partial charge on any atom is 0.301 e. The second-order valence-electron chi connectivity index (χ2n) is 4.71. The van der Waals surface area contributed by atoms with Crippen LogP contribution in [0.25, 0.3) is 6.08 Å². The van der Waals surface area contributed by atoms with Gasteiger partial charge in [0.1, 0.15) is 11.4 Å². The topological polar surface area (TPSA) is 120 Å². The van der Waals surface area contributed by atoms with Gasteiger partial charge in [0, 0.05) is 17.8 Å². The first-order valence-electron chi connectivity index (χ1n) is 7.04. The Balaban J connectivity index is 2.10. The second kappa shape index (κ2) is 8.20. The van der Waals surface area contributed by atoms with Crippen LogP contribution in [0.3, 0.4) is 0 Å². The highest BCUT2D eigenvalue weighted by Gasteiger charge is 2.18. The molecule has 0 aliphatic rings. The number of anilines is 1. The van der Waals surface area contributed by atoms with E-state index in [1.165, 1.54) is 12.3 Å². The molecule has 1 N–H and O–H groups in total. The first-order chi connectivity index (χ1) is 12.0. The van der Waals surface area contributed by atoms with E-state index in [4.69, 9.17) is 4.74 Å². The highest BCUT2D eigenvalue weighted by molar-refractivity contribution is 5.80. The van der Waals surface area contributed by atoms with Gasteiger partial charge >= 0.3 is 5.69 Å². The van der Waals surface area contributed by atoms with Crippen LogP contribution in [-0.2, 0) is 0 Å². The number of hydrogen-bond donors (Lipinski definition) is 1. The minimum absolute atomic E-state index is 0.0533. The van der Waals surface area contributed by atoms with Crippen LogP contribution in [0.15, 0.2) is 53.6 Å². The molecule has 0 heterocycles. The number of nitrogens with one attached hydrogen (secondary N) is 1. The maximum absolute atomic E-state index is 11.0. The lowest BCUT2D eigenvalue weighted by Gasteiger charge is -2.02. The lowest BCUT2D eigenvalue weighted by Crippen LogP contribution is -1.98. The molecule has 9 heteroatoms. The molecule has 0 saturated heterocycles. The van der Waals surface area contributed by atoms with Gasteiger partial charge < -0.3 is 4.74 Å². The van der Waals surface area contributed by atoms with Crippen LogP contribution in [0.1, 0.15) is 5.56 Å². The Morgan fingerprint density at radius 2 is 1.88 bits per heavy atom.